The standard InChI is InChI=1S/C10H20S/c1-8(2)9(3,4)10(5,6)11-7/h1H2,2-7H3. The maximum absolute atomic E-state index is 4.03. The van der Waals surface area contributed by atoms with E-state index in [0.717, 1.165) is 0 Å². The topological polar surface area (TPSA) is 0 Å². The molecule has 0 unspecified atom stereocenters. The number of thioether (sulfide) groups is 1. The largest absolute Gasteiger partial charge is 0.158 e. The molecular weight excluding hydrogens is 152 g/mol. The van der Waals surface area contributed by atoms with Crippen LogP contribution in [0.1, 0.15) is 34.6 Å². The van der Waals surface area contributed by atoms with Gasteiger partial charge < -0.3 is 0 Å². The third kappa shape index (κ3) is 2.02. The second-order valence-electron chi connectivity index (χ2n) is 4.12. The van der Waals surface area contributed by atoms with Crippen molar-refractivity contribution in [2.75, 3.05) is 6.26 Å². The van der Waals surface area contributed by atoms with Gasteiger partial charge in [-0.3, -0.25) is 0 Å². The Morgan fingerprint density at radius 2 is 1.55 bits per heavy atom. The summed E-state index contributed by atoms with van der Waals surface area (Å²) in [7, 11) is 0. The predicted molar refractivity (Wildman–Crippen MR) is 56.2 cm³/mol. The summed E-state index contributed by atoms with van der Waals surface area (Å²) in [6, 6.07) is 0. The van der Waals surface area contributed by atoms with Crippen molar-refractivity contribution < 1.29 is 0 Å². The van der Waals surface area contributed by atoms with Crippen molar-refractivity contribution in [2.45, 2.75) is 39.4 Å². The molecule has 0 aliphatic heterocycles. The molecule has 11 heavy (non-hydrogen) atoms. The highest BCUT2D eigenvalue weighted by atomic mass is 32.2. The van der Waals surface area contributed by atoms with Crippen molar-refractivity contribution in [1.29, 1.82) is 0 Å². The molecule has 0 aliphatic rings. The van der Waals surface area contributed by atoms with Gasteiger partial charge in [0.05, 0.1) is 0 Å². The van der Waals surface area contributed by atoms with E-state index in [0.29, 0.717) is 0 Å². The molecule has 0 saturated carbocycles. The van der Waals surface area contributed by atoms with Crippen LogP contribution in [-0.2, 0) is 0 Å². The van der Waals surface area contributed by atoms with Gasteiger partial charge in [0, 0.05) is 4.75 Å². The predicted octanol–water partition coefficient (Wildman–Crippen LogP) is 3.73. The zero-order valence-corrected chi connectivity index (χ0v) is 9.43. The van der Waals surface area contributed by atoms with E-state index in [4.69, 9.17) is 0 Å². The molecule has 0 atom stereocenters. The molecule has 0 aromatic rings. The quantitative estimate of drug-likeness (QED) is 0.585. The van der Waals surface area contributed by atoms with Gasteiger partial charge in [0.1, 0.15) is 0 Å². The van der Waals surface area contributed by atoms with Crippen LogP contribution in [-0.4, -0.2) is 11.0 Å². The maximum atomic E-state index is 4.03. The lowest BCUT2D eigenvalue weighted by atomic mass is 9.75. The first-order chi connectivity index (χ1) is 4.75. The van der Waals surface area contributed by atoms with Crippen LogP contribution in [0.3, 0.4) is 0 Å². The average molecular weight is 172 g/mol. The summed E-state index contributed by atoms with van der Waals surface area (Å²) in [5.41, 5.74) is 1.48. The smallest absolute Gasteiger partial charge is 0.0188 e. The highest BCUT2D eigenvalue weighted by Crippen LogP contribution is 2.44. The second-order valence-corrected chi connectivity index (χ2v) is 5.55. The molecular formula is C10H20S. The number of hydrogen-bond acceptors (Lipinski definition) is 1. The highest BCUT2D eigenvalue weighted by Gasteiger charge is 2.36. The van der Waals surface area contributed by atoms with Crippen molar-refractivity contribution in [2.24, 2.45) is 5.41 Å². The second kappa shape index (κ2) is 3.22. The number of allylic oxidation sites excluding steroid dienone is 1. The molecule has 0 aromatic heterocycles. The van der Waals surface area contributed by atoms with Crippen LogP contribution < -0.4 is 0 Å². The third-order valence-corrected chi connectivity index (χ3v) is 4.61. The average Bonchev–Trinajstić information content (AvgIpc) is 1.87. The molecule has 0 amide bonds. The van der Waals surface area contributed by atoms with Gasteiger partial charge in [-0.2, -0.15) is 11.8 Å². The van der Waals surface area contributed by atoms with Crippen LogP contribution in [0.5, 0.6) is 0 Å². The van der Waals surface area contributed by atoms with Crippen LogP contribution in [0.25, 0.3) is 0 Å². The summed E-state index contributed by atoms with van der Waals surface area (Å²) in [5, 5.41) is 0. The fourth-order valence-corrected chi connectivity index (χ4v) is 1.45. The van der Waals surface area contributed by atoms with Gasteiger partial charge in [-0.1, -0.05) is 26.0 Å². The third-order valence-electron chi connectivity index (χ3n) is 3.08. The first kappa shape index (κ1) is 11.1. The Kier molecular flexibility index (Phi) is 3.25. The van der Waals surface area contributed by atoms with Crippen molar-refractivity contribution in [3.8, 4) is 0 Å². The Morgan fingerprint density at radius 1 is 1.18 bits per heavy atom. The lowest BCUT2D eigenvalue weighted by Gasteiger charge is -2.41. The van der Waals surface area contributed by atoms with Crippen LogP contribution in [0.15, 0.2) is 12.2 Å². The Balaban J connectivity index is 4.67. The van der Waals surface area contributed by atoms with E-state index in [1.807, 2.05) is 11.8 Å². The first-order valence-corrected chi connectivity index (χ1v) is 5.19. The van der Waals surface area contributed by atoms with Gasteiger partial charge in [0.2, 0.25) is 0 Å². The molecule has 0 fully saturated rings. The molecule has 0 saturated heterocycles. The normalized spacial score (nSPS) is 13.3. The number of hydrogen-bond donors (Lipinski definition) is 0. The minimum atomic E-state index is 0.215. The molecule has 0 N–H and O–H groups in total. The van der Waals surface area contributed by atoms with E-state index in [9.17, 15) is 0 Å². The summed E-state index contributed by atoms with van der Waals surface area (Å²) in [6.07, 6.45) is 2.16. The maximum Gasteiger partial charge on any atom is 0.0188 e. The van der Waals surface area contributed by atoms with Crippen molar-refractivity contribution in [3.05, 3.63) is 12.2 Å². The molecule has 66 valence electrons. The van der Waals surface area contributed by atoms with Gasteiger partial charge in [0.15, 0.2) is 0 Å². The monoisotopic (exact) mass is 172 g/mol. The summed E-state index contributed by atoms with van der Waals surface area (Å²) in [4.78, 5) is 0. The summed E-state index contributed by atoms with van der Waals surface area (Å²) in [5.74, 6) is 0. The van der Waals surface area contributed by atoms with E-state index < -0.39 is 0 Å². The fraction of sp³-hybridized carbons (Fsp3) is 0.800. The molecule has 0 spiro atoms. The zero-order chi connectivity index (χ0) is 9.28. The van der Waals surface area contributed by atoms with Crippen LogP contribution in [0, 0.1) is 5.41 Å². The van der Waals surface area contributed by atoms with E-state index >= 15 is 0 Å². The van der Waals surface area contributed by atoms with E-state index in [1.165, 1.54) is 5.57 Å². The molecule has 0 nitrogen and oxygen atoms in total. The summed E-state index contributed by atoms with van der Waals surface area (Å²) in [6.45, 7) is 15.2. The van der Waals surface area contributed by atoms with Crippen LogP contribution in [0.2, 0.25) is 0 Å². The fourth-order valence-electron chi connectivity index (χ4n) is 0.769. The SMILES string of the molecule is C=C(C)C(C)(C)C(C)(C)SC. The highest BCUT2D eigenvalue weighted by molar-refractivity contribution is 8.00. The Hall–Kier alpha value is 0.0900. The Bertz CT molecular complexity index is 154. The zero-order valence-electron chi connectivity index (χ0n) is 8.62. The lowest BCUT2D eigenvalue weighted by Crippen LogP contribution is -2.36. The van der Waals surface area contributed by atoms with Gasteiger partial charge in [0.25, 0.3) is 0 Å². The Labute approximate surface area is 75.5 Å². The van der Waals surface area contributed by atoms with Gasteiger partial charge in [-0.05, 0) is 32.4 Å². The molecule has 0 radical (unpaired) electrons. The van der Waals surface area contributed by atoms with Gasteiger partial charge >= 0.3 is 0 Å². The van der Waals surface area contributed by atoms with Crippen molar-refractivity contribution in [3.63, 3.8) is 0 Å². The summed E-state index contributed by atoms with van der Waals surface area (Å²) < 4.78 is 0.277. The molecule has 0 aliphatic carbocycles. The molecule has 0 bridgehead atoms. The van der Waals surface area contributed by atoms with E-state index in [2.05, 4.69) is 47.5 Å². The molecule has 0 rings (SSSR count). The lowest BCUT2D eigenvalue weighted by molar-refractivity contribution is 0.349. The Morgan fingerprint density at radius 3 is 1.64 bits per heavy atom. The van der Waals surface area contributed by atoms with Crippen LogP contribution >= 0.6 is 11.8 Å². The van der Waals surface area contributed by atoms with Gasteiger partial charge in [-0.15, -0.1) is 0 Å². The van der Waals surface area contributed by atoms with Crippen molar-refractivity contribution in [1.82, 2.24) is 0 Å². The molecule has 0 heterocycles. The molecule has 0 aromatic carbocycles. The minimum Gasteiger partial charge on any atom is -0.158 e. The van der Waals surface area contributed by atoms with E-state index in [-0.39, 0.29) is 10.2 Å². The molecule has 1 heteroatoms. The van der Waals surface area contributed by atoms with Gasteiger partial charge in [-0.25, -0.2) is 0 Å². The van der Waals surface area contributed by atoms with E-state index in [1.54, 1.807) is 0 Å². The minimum absolute atomic E-state index is 0.215. The summed E-state index contributed by atoms with van der Waals surface area (Å²) >= 11 is 1.90. The van der Waals surface area contributed by atoms with Crippen molar-refractivity contribution >= 4 is 11.8 Å². The number of rotatable bonds is 3. The first-order valence-electron chi connectivity index (χ1n) is 3.97. The van der Waals surface area contributed by atoms with Crippen LogP contribution in [0.4, 0.5) is 0 Å².